The van der Waals surface area contributed by atoms with Crippen LogP contribution >= 0.6 is 0 Å². The van der Waals surface area contributed by atoms with Crippen LogP contribution in [0, 0.1) is 0 Å². The first-order valence-electron chi connectivity index (χ1n) is 10.1. The third-order valence-corrected chi connectivity index (χ3v) is 5.38. The third kappa shape index (κ3) is 4.82. The third-order valence-electron chi connectivity index (χ3n) is 5.38. The molecule has 32 heavy (non-hydrogen) atoms. The van der Waals surface area contributed by atoms with E-state index in [0.717, 1.165) is 22.6 Å². The largest absolute Gasteiger partial charge is 0.447 e. The second-order valence-corrected chi connectivity index (χ2v) is 7.64. The van der Waals surface area contributed by atoms with Gasteiger partial charge in [0.05, 0.1) is 18.0 Å². The molecule has 0 aliphatic carbocycles. The van der Waals surface area contributed by atoms with E-state index in [0.29, 0.717) is 23.1 Å². The Hall–Kier alpha value is -3.61. The maximum absolute atomic E-state index is 13.0. The molecule has 0 N–H and O–H groups in total. The summed E-state index contributed by atoms with van der Waals surface area (Å²) >= 11 is 0. The number of nitrogens with zero attached hydrogens (tertiary/aromatic N) is 1. The summed E-state index contributed by atoms with van der Waals surface area (Å²) in [5.41, 5.74) is 1.98. The Kier molecular flexibility index (Phi) is 5.99. The van der Waals surface area contributed by atoms with Gasteiger partial charge in [-0.1, -0.05) is 66.7 Å². The molecule has 0 bridgehead atoms. The van der Waals surface area contributed by atoms with E-state index >= 15 is 0 Å². The number of benzene rings is 3. The summed E-state index contributed by atoms with van der Waals surface area (Å²) < 4.78 is 44.0. The second kappa shape index (κ2) is 8.86. The summed E-state index contributed by atoms with van der Waals surface area (Å²) in [5.74, 6) is -0.375. The minimum absolute atomic E-state index is 0.0107. The highest BCUT2D eigenvalue weighted by Crippen LogP contribution is 2.32. The molecule has 1 atom stereocenters. The van der Waals surface area contributed by atoms with Crippen molar-refractivity contribution < 1.29 is 27.5 Å². The zero-order chi connectivity index (χ0) is 22.7. The number of cyclic esters (lactones) is 1. The van der Waals surface area contributed by atoms with Crippen LogP contribution < -0.4 is 0 Å². The van der Waals surface area contributed by atoms with Gasteiger partial charge in [-0.3, -0.25) is 4.79 Å². The maximum Gasteiger partial charge on any atom is 0.416 e. The number of amides is 2. The molecule has 0 saturated carbocycles. The number of alkyl halides is 3. The molecule has 0 aromatic heterocycles. The molecule has 2 amide bonds. The van der Waals surface area contributed by atoms with Crippen molar-refractivity contribution >= 4 is 12.0 Å². The van der Waals surface area contributed by atoms with Gasteiger partial charge in [0.2, 0.25) is 5.91 Å². The first-order valence-corrected chi connectivity index (χ1v) is 10.1. The van der Waals surface area contributed by atoms with Gasteiger partial charge in [0.15, 0.2) is 0 Å². The topological polar surface area (TPSA) is 46.6 Å². The predicted molar refractivity (Wildman–Crippen MR) is 113 cm³/mol. The molecule has 7 heteroatoms. The first-order chi connectivity index (χ1) is 15.3. The Labute approximate surface area is 183 Å². The van der Waals surface area contributed by atoms with Gasteiger partial charge in [0.25, 0.3) is 0 Å². The van der Waals surface area contributed by atoms with Crippen molar-refractivity contribution in [1.29, 1.82) is 0 Å². The molecule has 164 valence electrons. The van der Waals surface area contributed by atoms with Crippen molar-refractivity contribution in [2.24, 2.45) is 0 Å². The number of rotatable bonds is 5. The zero-order valence-corrected chi connectivity index (χ0v) is 17.0. The molecule has 3 aromatic rings. The van der Waals surface area contributed by atoms with Crippen LogP contribution in [0.2, 0.25) is 0 Å². The molecule has 1 aliphatic rings. The second-order valence-electron chi connectivity index (χ2n) is 7.64. The minimum Gasteiger partial charge on any atom is -0.447 e. The average Bonchev–Trinajstić information content (AvgIpc) is 3.14. The Balaban J connectivity index is 1.46. The Bertz CT molecular complexity index is 1110. The lowest BCUT2D eigenvalue weighted by atomic mass is 10.0. The van der Waals surface area contributed by atoms with E-state index in [-0.39, 0.29) is 25.0 Å². The molecule has 4 nitrogen and oxygen atoms in total. The van der Waals surface area contributed by atoms with Gasteiger partial charge in [-0.2, -0.15) is 13.2 Å². The standard InChI is InChI=1S/C25H20F3NO3/c26-25(27,28)21-8-4-7-20(15-21)19-11-9-18(10-12-19)14-23(30)29-22(16-32-24(29)31)13-17-5-2-1-3-6-17/h1-12,15,22H,13-14,16H2/t22-/m1/s1. The van der Waals surface area contributed by atoms with Crippen molar-refractivity contribution in [2.45, 2.75) is 25.1 Å². The fourth-order valence-electron chi connectivity index (χ4n) is 3.75. The van der Waals surface area contributed by atoms with Crippen LogP contribution in [0.3, 0.4) is 0 Å². The lowest BCUT2D eigenvalue weighted by Gasteiger charge is -2.19. The van der Waals surface area contributed by atoms with Gasteiger partial charge in [-0.15, -0.1) is 0 Å². The molecule has 3 aromatic carbocycles. The quantitative estimate of drug-likeness (QED) is 0.527. The summed E-state index contributed by atoms with van der Waals surface area (Å²) in [6, 6.07) is 20.9. The lowest BCUT2D eigenvalue weighted by molar-refractivity contribution is -0.137. The minimum atomic E-state index is -4.41. The predicted octanol–water partition coefficient (Wildman–Crippen LogP) is 5.51. The number of hydrogen-bond donors (Lipinski definition) is 0. The number of ether oxygens (including phenoxy) is 1. The van der Waals surface area contributed by atoms with Crippen LogP contribution in [0.25, 0.3) is 11.1 Å². The fourth-order valence-corrected chi connectivity index (χ4v) is 3.75. The highest BCUT2D eigenvalue weighted by molar-refractivity contribution is 5.94. The number of carbonyl (C=O) groups is 2. The van der Waals surface area contributed by atoms with Crippen LogP contribution in [0.15, 0.2) is 78.9 Å². The van der Waals surface area contributed by atoms with Crippen molar-refractivity contribution in [3.05, 3.63) is 95.6 Å². The molecule has 1 fully saturated rings. The van der Waals surface area contributed by atoms with E-state index in [4.69, 9.17) is 4.74 Å². The normalized spacial score (nSPS) is 16.2. The van der Waals surface area contributed by atoms with Crippen molar-refractivity contribution in [3.63, 3.8) is 0 Å². The monoisotopic (exact) mass is 439 g/mol. The van der Waals surface area contributed by atoms with Gasteiger partial charge >= 0.3 is 12.3 Å². The van der Waals surface area contributed by atoms with E-state index < -0.39 is 17.8 Å². The molecular weight excluding hydrogens is 419 g/mol. The first kappa shape index (κ1) is 21.6. The van der Waals surface area contributed by atoms with Crippen LogP contribution in [0.4, 0.5) is 18.0 Å². The van der Waals surface area contributed by atoms with Crippen LogP contribution in [0.1, 0.15) is 16.7 Å². The highest BCUT2D eigenvalue weighted by Gasteiger charge is 2.37. The van der Waals surface area contributed by atoms with E-state index in [1.807, 2.05) is 30.3 Å². The molecule has 1 aliphatic heterocycles. The molecule has 4 rings (SSSR count). The molecule has 1 heterocycles. The Morgan fingerprint density at radius 1 is 0.906 bits per heavy atom. The molecule has 0 unspecified atom stereocenters. The molecular formula is C25H20F3NO3. The summed E-state index contributed by atoms with van der Waals surface area (Å²) in [4.78, 5) is 26.1. The van der Waals surface area contributed by atoms with E-state index in [1.54, 1.807) is 30.3 Å². The Morgan fingerprint density at radius 3 is 2.31 bits per heavy atom. The summed E-state index contributed by atoms with van der Waals surface area (Å²) in [5, 5.41) is 0. The summed E-state index contributed by atoms with van der Waals surface area (Å²) in [6.45, 7) is 0.147. The summed E-state index contributed by atoms with van der Waals surface area (Å²) in [6.07, 6.45) is -4.57. The van der Waals surface area contributed by atoms with Crippen molar-refractivity contribution in [2.75, 3.05) is 6.61 Å². The number of imide groups is 1. The number of hydrogen-bond acceptors (Lipinski definition) is 3. The van der Waals surface area contributed by atoms with E-state index in [1.165, 1.54) is 6.07 Å². The van der Waals surface area contributed by atoms with Gasteiger partial charge in [0.1, 0.15) is 6.61 Å². The molecule has 0 spiro atoms. The average molecular weight is 439 g/mol. The SMILES string of the molecule is O=C(Cc1ccc(-c2cccc(C(F)(F)F)c2)cc1)N1C(=O)OC[C@H]1Cc1ccccc1. The lowest BCUT2D eigenvalue weighted by Crippen LogP contribution is -2.41. The van der Waals surface area contributed by atoms with Crippen molar-refractivity contribution in [3.8, 4) is 11.1 Å². The maximum atomic E-state index is 13.0. The number of carbonyl (C=O) groups excluding carboxylic acids is 2. The fraction of sp³-hybridized carbons (Fsp3) is 0.200. The van der Waals surface area contributed by atoms with Gasteiger partial charge in [-0.05, 0) is 40.8 Å². The van der Waals surface area contributed by atoms with Gasteiger partial charge in [-0.25, -0.2) is 9.69 Å². The van der Waals surface area contributed by atoms with Crippen LogP contribution in [-0.2, 0) is 28.5 Å². The van der Waals surface area contributed by atoms with Crippen LogP contribution in [-0.4, -0.2) is 29.5 Å². The van der Waals surface area contributed by atoms with E-state index in [9.17, 15) is 22.8 Å². The van der Waals surface area contributed by atoms with E-state index in [2.05, 4.69) is 0 Å². The van der Waals surface area contributed by atoms with Gasteiger partial charge < -0.3 is 4.74 Å². The highest BCUT2D eigenvalue weighted by atomic mass is 19.4. The van der Waals surface area contributed by atoms with Gasteiger partial charge in [0, 0.05) is 0 Å². The molecule has 1 saturated heterocycles. The van der Waals surface area contributed by atoms with Crippen LogP contribution in [0.5, 0.6) is 0 Å². The van der Waals surface area contributed by atoms with Crippen molar-refractivity contribution in [1.82, 2.24) is 4.90 Å². The summed E-state index contributed by atoms with van der Waals surface area (Å²) in [7, 11) is 0. The zero-order valence-electron chi connectivity index (χ0n) is 17.0. The molecule has 0 radical (unpaired) electrons. The smallest absolute Gasteiger partial charge is 0.416 e. The number of halogens is 3. The Morgan fingerprint density at radius 2 is 1.62 bits per heavy atom.